The number of hydrogen-bond donors (Lipinski definition) is 3. The highest BCUT2D eigenvalue weighted by molar-refractivity contribution is 7.17. The van der Waals surface area contributed by atoms with E-state index in [4.69, 9.17) is 16.6 Å². The fourth-order valence-corrected chi connectivity index (χ4v) is 2.21. The number of benzene rings is 1. The third-order valence-electron chi connectivity index (χ3n) is 2.10. The highest BCUT2D eigenvalue weighted by Gasteiger charge is 2.07. The van der Waals surface area contributed by atoms with Crippen LogP contribution in [0.5, 0.6) is 0 Å². The maximum atomic E-state index is 9.01. The number of nitrogen functional groups attached to an aromatic ring is 2. The molecule has 0 aliphatic heterocycles. The molecule has 0 bridgehead atoms. The van der Waals surface area contributed by atoms with E-state index < -0.39 is 0 Å². The van der Waals surface area contributed by atoms with Crippen LogP contribution in [0.3, 0.4) is 0 Å². The van der Waals surface area contributed by atoms with Crippen molar-refractivity contribution in [1.82, 2.24) is 0 Å². The van der Waals surface area contributed by atoms with Crippen LogP contribution >= 0.6 is 11.3 Å². The van der Waals surface area contributed by atoms with Gasteiger partial charge in [-0.1, -0.05) is 0 Å². The first kappa shape index (κ1) is 8.34. The SMILES string of the molecule is Nc1c(CO)cc2sccc2c1N. The second-order valence-corrected chi connectivity index (χ2v) is 3.80. The summed E-state index contributed by atoms with van der Waals surface area (Å²) in [4.78, 5) is 0. The van der Waals surface area contributed by atoms with Gasteiger partial charge in [0, 0.05) is 15.6 Å². The number of aliphatic hydroxyl groups excluding tert-OH is 1. The normalized spacial score (nSPS) is 10.8. The Bertz CT molecular complexity index is 450. The molecule has 0 aliphatic rings. The van der Waals surface area contributed by atoms with Crippen molar-refractivity contribution >= 4 is 32.8 Å². The van der Waals surface area contributed by atoms with Crippen molar-refractivity contribution in [3.63, 3.8) is 0 Å². The maximum Gasteiger partial charge on any atom is 0.0703 e. The molecule has 0 spiro atoms. The van der Waals surface area contributed by atoms with Gasteiger partial charge in [0.25, 0.3) is 0 Å². The number of hydrogen-bond acceptors (Lipinski definition) is 4. The lowest BCUT2D eigenvalue weighted by molar-refractivity contribution is 0.283. The Labute approximate surface area is 79.6 Å². The lowest BCUT2D eigenvalue weighted by Crippen LogP contribution is -1.99. The van der Waals surface area contributed by atoms with Crippen molar-refractivity contribution < 1.29 is 5.11 Å². The molecular weight excluding hydrogens is 184 g/mol. The van der Waals surface area contributed by atoms with E-state index in [0.29, 0.717) is 16.9 Å². The zero-order valence-corrected chi connectivity index (χ0v) is 7.77. The summed E-state index contributed by atoms with van der Waals surface area (Å²) < 4.78 is 1.07. The Hall–Kier alpha value is -1.26. The standard InChI is InChI=1S/C9H10N2OS/c10-8-5(4-12)3-7-6(9(8)11)1-2-13-7/h1-3,12H,4,10-11H2. The third kappa shape index (κ3) is 1.15. The van der Waals surface area contributed by atoms with Gasteiger partial charge in [-0.3, -0.25) is 0 Å². The van der Waals surface area contributed by atoms with E-state index in [1.807, 2.05) is 17.5 Å². The molecule has 2 rings (SSSR count). The van der Waals surface area contributed by atoms with Crippen LogP contribution in [0.2, 0.25) is 0 Å². The number of anilines is 2. The molecule has 13 heavy (non-hydrogen) atoms. The molecule has 2 aromatic rings. The Morgan fingerprint density at radius 1 is 1.31 bits per heavy atom. The summed E-state index contributed by atoms with van der Waals surface area (Å²) in [5.74, 6) is 0. The first-order valence-corrected chi connectivity index (χ1v) is 4.77. The lowest BCUT2D eigenvalue weighted by atomic mass is 10.1. The molecule has 5 N–H and O–H groups in total. The molecule has 0 unspecified atom stereocenters. The van der Waals surface area contributed by atoms with Gasteiger partial charge in [-0.25, -0.2) is 0 Å². The number of fused-ring (bicyclic) bond motifs is 1. The van der Waals surface area contributed by atoms with Gasteiger partial charge in [-0.05, 0) is 17.5 Å². The summed E-state index contributed by atoms with van der Waals surface area (Å²) in [6.45, 7) is -0.0656. The summed E-state index contributed by atoms with van der Waals surface area (Å²) >= 11 is 1.59. The highest BCUT2D eigenvalue weighted by Crippen LogP contribution is 2.33. The maximum absolute atomic E-state index is 9.01. The molecule has 0 aliphatic carbocycles. The molecule has 1 heterocycles. The van der Waals surface area contributed by atoms with Gasteiger partial charge in [0.1, 0.15) is 0 Å². The van der Waals surface area contributed by atoms with Crippen LogP contribution in [-0.4, -0.2) is 5.11 Å². The first-order valence-electron chi connectivity index (χ1n) is 3.89. The van der Waals surface area contributed by atoms with Gasteiger partial charge in [0.15, 0.2) is 0 Å². The van der Waals surface area contributed by atoms with E-state index in [1.165, 1.54) is 0 Å². The number of rotatable bonds is 1. The molecule has 3 nitrogen and oxygen atoms in total. The zero-order valence-electron chi connectivity index (χ0n) is 6.95. The van der Waals surface area contributed by atoms with Crippen LogP contribution in [0, 0.1) is 0 Å². The summed E-state index contributed by atoms with van der Waals surface area (Å²) in [5, 5.41) is 11.9. The average Bonchev–Trinajstić information content (AvgIpc) is 2.59. The van der Waals surface area contributed by atoms with Gasteiger partial charge in [-0.2, -0.15) is 0 Å². The molecule has 68 valence electrons. The van der Waals surface area contributed by atoms with Crippen molar-refractivity contribution in [3.05, 3.63) is 23.1 Å². The van der Waals surface area contributed by atoms with Crippen molar-refractivity contribution in [2.75, 3.05) is 11.5 Å². The average molecular weight is 194 g/mol. The second-order valence-electron chi connectivity index (χ2n) is 2.85. The molecule has 0 amide bonds. The van der Waals surface area contributed by atoms with E-state index in [-0.39, 0.29) is 6.61 Å². The van der Waals surface area contributed by atoms with Crippen LogP contribution in [0.1, 0.15) is 5.56 Å². The molecule has 0 atom stereocenters. The number of aliphatic hydroxyl groups is 1. The van der Waals surface area contributed by atoms with Gasteiger partial charge >= 0.3 is 0 Å². The molecule has 0 saturated heterocycles. The van der Waals surface area contributed by atoms with Crippen LogP contribution in [0.4, 0.5) is 11.4 Å². The topological polar surface area (TPSA) is 72.3 Å². The Balaban J connectivity index is 2.83. The highest BCUT2D eigenvalue weighted by atomic mass is 32.1. The third-order valence-corrected chi connectivity index (χ3v) is 2.96. The van der Waals surface area contributed by atoms with Crippen LogP contribution in [0.15, 0.2) is 17.5 Å². The smallest absolute Gasteiger partial charge is 0.0703 e. The molecule has 0 saturated carbocycles. The lowest BCUT2D eigenvalue weighted by Gasteiger charge is -2.06. The van der Waals surface area contributed by atoms with Crippen LogP contribution in [-0.2, 0) is 6.61 Å². The van der Waals surface area contributed by atoms with Crippen molar-refractivity contribution in [2.24, 2.45) is 0 Å². The molecule has 0 radical (unpaired) electrons. The summed E-state index contributed by atoms with van der Waals surface area (Å²) in [5.41, 5.74) is 13.3. The predicted octanol–water partition coefficient (Wildman–Crippen LogP) is 1.56. The van der Waals surface area contributed by atoms with Crippen molar-refractivity contribution in [3.8, 4) is 0 Å². The van der Waals surface area contributed by atoms with Crippen molar-refractivity contribution in [1.29, 1.82) is 0 Å². The van der Waals surface area contributed by atoms with Crippen LogP contribution < -0.4 is 11.5 Å². The van der Waals surface area contributed by atoms with Crippen molar-refractivity contribution in [2.45, 2.75) is 6.61 Å². The van der Waals surface area contributed by atoms with E-state index in [0.717, 1.165) is 10.1 Å². The van der Waals surface area contributed by atoms with E-state index in [2.05, 4.69) is 0 Å². The number of nitrogens with two attached hydrogens (primary N) is 2. The minimum atomic E-state index is -0.0656. The second kappa shape index (κ2) is 2.90. The van der Waals surface area contributed by atoms with Gasteiger partial charge in [-0.15, -0.1) is 11.3 Å². The Kier molecular flexibility index (Phi) is 1.86. The Morgan fingerprint density at radius 3 is 2.77 bits per heavy atom. The monoisotopic (exact) mass is 194 g/mol. The minimum absolute atomic E-state index is 0.0656. The van der Waals surface area contributed by atoms with Gasteiger partial charge < -0.3 is 16.6 Å². The summed E-state index contributed by atoms with van der Waals surface area (Å²) in [6, 6.07) is 3.82. The quantitative estimate of drug-likeness (QED) is 0.603. The number of thiophene rings is 1. The van der Waals surface area contributed by atoms with Crippen LogP contribution in [0.25, 0.3) is 10.1 Å². The van der Waals surface area contributed by atoms with E-state index in [9.17, 15) is 0 Å². The molecule has 1 aromatic carbocycles. The fourth-order valence-electron chi connectivity index (χ4n) is 1.34. The molecule has 1 aromatic heterocycles. The summed E-state index contributed by atoms with van der Waals surface area (Å²) in [6.07, 6.45) is 0. The fraction of sp³-hybridized carbons (Fsp3) is 0.111. The van der Waals surface area contributed by atoms with E-state index >= 15 is 0 Å². The van der Waals surface area contributed by atoms with Gasteiger partial charge in [0.05, 0.1) is 18.0 Å². The molecule has 4 heteroatoms. The first-order chi connectivity index (χ1) is 6.24. The molecular formula is C9H10N2OS. The minimum Gasteiger partial charge on any atom is -0.397 e. The zero-order chi connectivity index (χ0) is 9.42. The summed E-state index contributed by atoms with van der Waals surface area (Å²) in [7, 11) is 0. The molecule has 0 fully saturated rings. The van der Waals surface area contributed by atoms with Gasteiger partial charge in [0.2, 0.25) is 0 Å². The Morgan fingerprint density at radius 2 is 2.08 bits per heavy atom. The predicted molar refractivity (Wildman–Crippen MR) is 56.6 cm³/mol. The largest absolute Gasteiger partial charge is 0.397 e. The van der Waals surface area contributed by atoms with E-state index in [1.54, 1.807) is 11.3 Å².